The summed E-state index contributed by atoms with van der Waals surface area (Å²) in [7, 11) is -3.53. The zero-order valence-electron chi connectivity index (χ0n) is 17.5. The molecule has 0 radical (unpaired) electrons. The summed E-state index contributed by atoms with van der Waals surface area (Å²) in [5.41, 5.74) is 6.47. The number of hydrogen-bond acceptors (Lipinski definition) is 10. The highest BCUT2D eigenvalue weighted by Crippen LogP contribution is 2.33. The molecule has 31 heavy (non-hydrogen) atoms. The van der Waals surface area contributed by atoms with Crippen molar-refractivity contribution >= 4 is 44.1 Å². The van der Waals surface area contributed by atoms with E-state index in [2.05, 4.69) is 0 Å². The predicted octanol–water partition coefficient (Wildman–Crippen LogP) is 2.75. The van der Waals surface area contributed by atoms with Gasteiger partial charge in [-0.3, -0.25) is 0 Å². The van der Waals surface area contributed by atoms with Gasteiger partial charge in [0.25, 0.3) is 0 Å². The molecule has 2 N–H and O–H groups in total. The van der Waals surface area contributed by atoms with Crippen molar-refractivity contribution in [3.63, 3.8) is 0 Å². The van der Waals surface area contributed by atoms with Gasteiger partial charge in [0.15, 0.2) is 9.84 Å². The second-order valence-corrected chi connectivity index (χ2v) is 9.48. The molecule has 0 amide bonds. The molecule has 0 spiro atoms. The Hall–Kier alpha value is -2.92. The van der Waals surface area contributed by atoms with E-state index in [9.17, 15) is 22.8 Å². The molecular formula is C20H23NO8S2. The summed E-state index contributed by atoms with van der Waals surface area (Å²) in [6.45, 7) is 4.58. The Morgan fingerprint density at radius 1 is 1.00 bits per heavy atom. The van der Waals surface area contributed by atoms with Crippen LogP contribution in [-0.2, 0) is 30.7 Å². The minimum atomic E-state index is -3.53. The molecule has 9 nitrogen and oxygen atoms in total. The third-order valence-corrected chi connectivity index (χ3v) is 6.33. The number of esters is 3. The smallest absolute Gasteiger partial charge is 0.348 e. The molecule has 0 aliphatic rings. The SMILES string of the molecule is CCOC(=O)c1sc(N)c(C(=O)OCC)c1COC(=O)c1cc(S(C)(=O)=O)ccc1C. The highest BCUT2D eigenvalue weighted by atomic mass is 32.2. The minimum Gasteiger partial charge on any atom is -0.462 e. The van der Waals surface area contributed by atoms with Crippen LogP contribution in [0.15, 0.2) is 23.1 Å². The Labute approximate surface area is 184 Å². The number of carbonyl (C=O) groups is 3. The Bertz CT molecular complexity index is 1120. The Morgan fingerprint density at radius 3 is 2.19 bits per heavy atom. The Kier molecular flexibility index (Phi) is 7.80. The van der Waals surface area contributed by atoms with Gasteiger partial charge >= 0.3 is 17.9 Å². The number of nitrogens with two attached hydrogens (primary N) is 1. The molecule has 1 aromatic heterocycles. The first kappa shape index (κ1) is 24.4. The van der Waals surface area contributed by atoms with E-state index < -0.39 is 34.4 Å². The molecule has 0 fully saturated rings. The van der Waals surface area contributed by atoms with Gasteiger partial charge in [-0.1, -0.05) is 6.07 Å². The van der Waals surface area contributed by atoms with Crippen molar-refractivity contribution < 1.29 is 37.0 Å². The summed E-state index contributed by atoms with van der Waals surface area (Å²) in [6.07, 6.45) is 1.03. The molecule has 0 aliphatic heterocycles. The standard InChI is InChI=1S/C20H23NO8S2/c1-5-27-19(23)15-14(16(30-17(15)21)20(24)28-6-2)10-29-18(22)13-9-12(31(4,25)26)8-7-11(13)3/h7-9H,5-6,10,21H2,1-4H3. The number of anilines is 1. The van der Waals surface area contributed by atoms with Gasteiger partial charge in [0.1, 0.15) is 22.0 Å². The van der Waals surface area contributed by atoms with E-state index in [1.54, 1.807) is 20.8 Å². The first-order valence-corrected chi connectivity index (χ1v) is 11.9. The van der Waals surface area contributed by atoms with Crippen LogP contribution in [0.4, 0.5) is 5.00 Å². The van der Waals surface area contributed by atoms with Gasteiger partial charge in [0.05, 0.1) is 23.7 Å². The quantitative estimate of drug-likeness (QED) is 0.456. The van der Waals surface area contributed by atoms with Crippen LogP contribution in [0.1, 0.15) is 55.4 Å². The van der Waals surface area contributed by atoms with Crippen molar-refractivity contribution in [3.8, 4) is 0 Å². The van der Waals surface area contributed by atoms with Crippen molar-refractivity contribution in [1.29, 1.82) is 0 Å². The fraction of sp³-hybridized carbons (Fsp3) is 0.350. The van der Waals surface area contributed by atoms with Crippen LogP contribution >= 0.6 is 11.3 Å². The number of thiophene rings is 1. The van der Waals surface area contributed by atoms with E-state index in [-0.39, 0.29) is 44.7 Å². The lowest BCUT2D eigenvalue weighted by atomic mass is 10.1. The average molecular weight is 470 g/mol. The van der Waals surface area contributed by atoms with Gasteiger partial charge in [-0.25, -0.2) is 22.8 Å². The number of carbonyl (C=O) groups excluding carboxylic acids is 3. The number of hydrogen-bond donors (Lipinski definition) is 1. The van der Waals surface area contributed by atoms with E-state index >= 15 is 0 Å². The van der Waals surface area contributed by atoms with E-state index in [1.807, 2.05) is 0 Å². The van der Waals surface area contributed by atoms with Gasteiger partial charge < -0.3 is 19.9 Å². The number of ether oxygens (including phenoxy) is 3. The topological polar surface area (TPSA) is 139 Å². The van der Waals surface area contributed by atoms with Gasteiger partial charge in [0, 0.05) is 11.8 Å². The molecule has 2 aromatic rings. The second-order valence-electron chi connectivity index (χ2n) is 6.41. The number of benzene rings is 1. The third kappa shape index (κ3) is 5.61. The van der Waals surface area contributed by atoms with Crippen LogP contribution in [0.3, 0.4) is 0 Å². The zero-order chi connectivity index (χ0) is 23.3. The van der Waals surface area contributed by atoms with Gasteiger partial charge in [-0.15, -0.1) is 11.3 Å². The van der Waals surface area contributed by atoms with Gasteiger partial charge in [-0.05, 0) is 38.5 Å². The maximum absolute atomic E-state index is 12.7. The third-order valence-electron chi connectivity index (χ3n) is 4.18. The molecule has 0 atom stereocenters. The van der Waals surface area contributed by atoms with E-state index in [4.69, 9.17) is 19.9 Å². The lowest BCUT2D eigenvalue weighted by Crippen LogP contribution is -2.15. The van der Waals surface area contributed by atoms with E-state index in [1.165, 1.54) is 18.2 Å². The molecule has 168 valence electrons. The maximum Gasteiger partial charge on any atom is 0.348 e. The van der Waals surface area contributed by atoms with Crippen molar-refractivity contribution in [2.24, 2.45) is 0 Å². The summed E-state index contributed by atoms with van der Waals surface area (Å²) < 4.78 is 38.9. The predicted molar refractivity (Wildman–Crippen MR) is 114 cm³/mol. The lowest BCUT2D eigenvalue weighted by molar-refractivity contribution is 0.0437. The molecule has 0 saturated heterocycles. The summed E-state index contributed by atoms with van der Waals surface area (Å²) in [5, 5.41) is 0.0304. The fourth-order valence-electron chi connectivity index (χ4n) is 2.68. The molecule has 11 heteroatoms. The fourth-order valence-corrected chi connectivity index (χ4v) is 4.28. The summed E-state index contributed by atoms with van der Waals surface area (Å²) >= 11 is 0.831. The largest absolute Gasteiger partial charge is 0.462 e. The van der Waals surface area contributed by atoms with Crippen LogP contribution in [0.2, 0.25) is 0 Å². The maximum atomic E-state index is 12.7. The Morgan fingerprint density at radius 2 is 1.61 bits per heavy atom. The summed E-state index contributed by atoms with van der Waals surface area (Å²) in [4.78, 5) is 37.3. The van der Waals surface area contributed by atoms with E-state index in [0.29, 0.717) is 5.56 Å². The minimum absolute atomic E-state index is 0.0248. The number of nitrogen functional groups attached to an aromatic ring is 1. The molecule has 0 bridgehead atoms. The van der Waals surface area contributed by atoms with Gasteiger partial charge in [-0.2, -0.15) is 0 Å². The molecule has 0 aliphatic carbocycles. The molecule has 0 saturated carbocycles. The molecule has 2 rings (SSSR count). The first-order chi connectivity index (χ1) is 14.5. The second kappa shape index (κ2) is 9.92. The van der Waals surface area contributed by atoms with Crippen molar-refractivity contribution in [2.45, 2.75) is 32.3 Å². The number of aryl methyl sites for hydroxylation is 1. The van der Waals surface area contributed by atoms with Crippen LogP contribution < -0.4 is 5.73 Å². The van der Waals surface area contributed by atoms with Crippen LogP contribution in [0.25, 0.3) is 0 Å². The molecular weight excluding hydrogens is 446 g/mol. The average Bonchev–Trinajstić information content (AvgIpc) is 3.02. The van der Waals surface area contributed by atoms with Crippen molar-refractivity contribution in [1.82, 2.24) is 0 Å². The molecule has 1 heterocycles. The van der Waals surface area contributed by atoms with Crippen molar-refractivity contribution in [2.75, 3.05) is 25.2 Å². The highest BCUT2D eigenvalue weighted by Gasteiger charge is 2.29. The normalized spacial score (nSPS) is 11.1. The number of rotatable bonds is 8. The van der Waals surface area contributed by atoms with Crippen LogP contribution in [-0.4, -0.2) is 45.8 Å². The zero-order valence-corrected chi connectivity index (χ0v) is 19.1. The lowest BCUT2D eigenvalue weighted by Gasteiger charge is -2.11. The van der Waals surface area contributed by atoms with Crippen LogP contribution in [0, 0.1) is 6.92 Å². The van der Waals surface area contributed by atoms with E-state index in [0.717, 1.165) is 17.6 Å². The first-order valence-electron chi connectivity index (χ1n) is 9.24. The highest BCUT2D eigenvalue weighted by molar-refractivity contribution is 7.90. The van der Waals surface area contributed by atoms with Crippen LogP contribution in [0.5, 0.6) is 0 Å². The Balaban J connectivity index is 2.41. The monoisotopic (exact) mass is 469 g/mol. The molecule has 1 aromatic carbocycles. The summed E-state index contributed by atoms with van der Waals surface area (Å²) in [6, 6.07) is 4.09. The summed E-state index contributed by atoms with van der Waals surface area (Å²) in [5.74, 6) is -2.29. The van der Waals surface area contributed by atoms with Crippen molar-refractivity contribution in [3.05, 3.63) is 45.3 Å². The molecule has 0 unspecified atom stereocenters. The van der Waals surface area contributed by atoms with Gasteiger partial charge in [0.2, 0.25) is 0 Å². The number of sulfone groups is 1.